The number of nitrogens with one attached hydrogen (secondary N) is 1. The monoisotopic (exact) mass is 419 g/mol. The highest BCUT2D eigenvalue weighted by molar-refractivity contribution is 7.14. The zero-order chi connectivity index (χ0) is 21.2. The number of nitrogens with zero attached hydrogens (tertiary/aromatic N) is 2. The number of benzene rings is 1. The number of hydrogen-bond acceptors (Lipinski definition) is 7. The normalized spacial score (nSPS) is 10.3. The molecule has 0 saturated carbocycles. The molecule has 2 aromatic rings. The van der Waals surface area contributed by atoms with Crippen LogP contribution < -0.4 is 10.1 Å². The fraction of sp³-hybridized carbons (Fsp3) is 0.400. The van der Waals surface area contributed by atoms with Crippen LogP contribution in [-0.4, -0.2) is 54.5 Å². The van der Waals surface area contributed by atoms with E-state index in [9.17, 15) is 14.4 Å². The number of methoxy groups -OCH3 is 1. The van der Waals surface area contributed by atoms with Crippen molar-refractivity contribution in [3.05, 3.63) is 40.9 Å². The first-order chi connectivity index (χ1) is 14.0. The molecular formula is C20H25N3O5S. The molecule has 0 spiro atoms. The van der Waals surface area contributed by atoms with Gasteiger partial charge in [0.05, 0.1) is 20.1 Å². The topological polar surface area (TPSA) is 97.8 Å². The molecule has 1 heterocycles. The molecule has 0 aliphatic heterocycles. The first-order valence-electron chi connectivity index (χ1n) is 9.34. The summed E-state index contributed by atoms with van der Waals surface area (Å²) in [5.74, 6) is -0.291. The fourth-order valence-corrected chi connectivity index (χ4v) is 3.23. The van der Waals surface area contributed by atoms with Crippen molar-refractivity contribution in [3.8, 4) is 5.75 Å². The molecule has 1 N–H and O–H groups in total. The van der Waals surface area contributed by atoms with Crippen LogP contribution in [0.2, 0.25) is 0 Å². The third-order valence-electron chi connectivity index (χ3n) is 3.97. The average Bonchev–Trinajstić information content (AvgIpc) is 3.19. The van der Waals surface area contributed by atoms with Gasteiger partial charge in [0.25, 0.3) is 11.8 Å². The molecule has 0 aliphatic carbocycles. The van der Waals surface area contributed by atoms with Gasteiger partial charge < -0.3 is 14.4 Å². The SMILES string of the molecule is CCCN(CCC(=O)OCC)C(=O)c1csc(NC(=O)c2ccc(OC)cc2)n1. The van der Waals surface area contributed by atoms with Crippen molar-refractivity contribution in [2.24, 2.45) is 0 Å². The molecular weight excluding hydrogens is 394 g/mol. The van der Waals surface area contributed by atoms with Crippen molar-refractivity contribution < 1.29 is 23.9 Å². The third-order valence-corrected chi connectivity index (χ3v) is 4.73. The minimum atomic E-state index is -0.341. The van der Waals surface area contributed by atoms with E-state index in [4.69, 9.17) is 9.47 Å². The Balaban J connectivity index is 2.00. The number of anilines is 1. The smallest absolute Gasteiger partial charge is 0.307 e. The number of thiazole rings is 1. The van der Waals surface area contributed by atoms with E-state index in [2.05, 4.69) is 10.3 Å². The van der Waals surface area contributed by atoms with Crippen molar-refractivity contribution in [2.75, 3.05) is 32.1 Å². The minimum Gasteiger partial charge on any atom is -0.497 e. The fourth-order valence-electron chi connectivity index (χ4n) is 2.55. The zero-order valence-electron chi connectivity index (χ0n) is 16.8. The Hall–Kier alpha value is -2.94. The van der Waals surface area contributed by atoms with Crippen molar-refractivity contribution in [3.63, 3.8) is 0 Å². The Bertz CT molecular complexity index is 835. The van der Waals surface area contributed by atoms with E-state index in [0.29, 0.717) is 29.6 Å². The van der Waals surface area contributed by atoms with E-state index in [-0.39, 0.29) is 36.4 Å². The third kappa shape index (κ3) is 6.56. The predicted octanol–water partition coefficient (Wildman–Crippen LogP) is 3.21. The molecule has 0 bridgehead atoms. The van der Waals surface area contributed by atoms with Crippen molar-refractivity contribution in [1.29, 1.82) is 0 Å². The van der Waals surface area contributed by atoms with Crippen LogP contribution in [0.4, 0.5) is 5.13 Å². The number of aromatic nitrogens is 1. The predicted molar refractivity (Wildman–Crippen MR) is 111 cm³/mol. The maximum atomic E-state index is 12.7. The van der Waals surface area contributed by atoms with Gasteiger partial charge in [0.2, 0.25) is 0 Å². The van der Waals surface area contributed by atoms with E-state index < -0.39 is 0 Å². The Kier molecular flexibility index (Phi) is 8.60. The molecule has 9 heteroatoms. The second-order valence-corrected chi connectivity index (χ2v) is 6.93. The number of amides is 2. The van der Waals surface area contributed by atoms with Gasteiger partial charge in [-0.15, -0.1) is 11.3 Å². The number of carbonyl (C=O) groups is 3. The Morgan fingerprint density at radius 1 is 1.14 bits per heavy atom. The lowest BCUT2D eigenvalue weighted by molar-refractivity contribution is -0.143. The summed E-state index contributed by atoms with van der Waals surface area (Å²) in [5, 5.41) is 4.62. The number of hydrogen-bond donors (Lipinski definition) is 1. The average molecular weight is 420 g/mol. The molecule has 156 valence electrons. The van der Waals surface area contributed by atoms with Crippen LogP contribution in [0.3, 0.4) is 0 Å². The number of ether oxygens (including phenoxy) is 2. The van der Waals surface area contributed by atoms with E-state index in [0.717, 1.165) is 6.42 Å². The lowest BCUT2D eigenvalue weighted by Gasteiger charge is -2.20. The molecule has 0 aliphatic rings. The van der Waals surface area contributed by atoms with Crippen molar-refractivity contribution >= 4 is 34.3 Å². The molecule has 0 radical (unpaired) electrons. The maximum absolute atomic E-state index is 12.7. The van der Waals surface area contributed by atoms with Crippen molar-refractivity contribution in [2.45, 2.75) is 26.7 Å². The summed E-state index contributed by atoms with van der Waals surface area (Å²) in [6, 6.07) is 6.67. The van der Waals surface area contributed by atoms with E-state index in [1.807, 2.05) is 6.92 Å². The standard InChI is InChI=1S/C20H25N3O5S/c1-4-11-23(12-10-17(24)28-5-2)19(26)16-13-29-20(21-16)22-18(25)14-6-8-15(27-3)9-7-14/h6-9,13H,4-5,10-12H2,1-3H3,(H,21,22,25). The Morgan fingerprint density at radius 2 is 1.86 bits per heavy atom. The molecule has 1 aromatic heterocycles. The summed E-state index contributed by atoms with van der Waals surface area (Å²) in [4.78, 5) is 42.5. The zero-order valence-corrected chi connectivity index (χ0v) is 17.6. The largest absolute Gasteiger partial charge is 0.497 e. The minimum absolute atomic E-state index is 0.130. The quantitative estimate of drug-likeness (QED) is 0.594. The van der Waals surface area contributed by atoms with Gasteiger partial charge >= 0.3 is 5.97 Å². The van der Waals surface area contributed by atoms with E-state index in [1.165, 1.54) is 11.3 Å². The van der Waals surface area contributed by atoms with Crippen LogP contribution in [0.15, 0.2) is 29.6 Å². The Morgan fingerprint density at radius 3 is 2.48 bits per heavy atom. The summed E-state index contributed by atoms with van der Waals surface area (Å²) < 4.78 is 9.99. The van der Waals surface area contributed by atoms with Gasteiger partial charge in [-0.3, -0.25) is 19.7 Å². The molecule has 1 aromatic carbocycles. The number of esters is 1. The van der Waals surface area contributed by atoms with E-state index >= 15 is 0 Å². The molecule has 29 heavy (non-hydrogen) atoms. The molecule has 0 saturated heterocycles. The highest BCUT2D eigenvalue weighted by Crippen LogP contribution is 2.19. The lowest BCUT2D eigenvalue weighted by Crippen LogP contribution is -2.34. The lowest BCUT2D eigenvalue weighted by atomic mass is 10.2. The second kappa shape index (κ2) is 11.2. The molecule has 0 atom stereocenters. The van der Waals surface area contributed by atoms with Gasteiger partial charge in [0.1, 0.15) is 11.4 Å². The number of rotatable bonds is 10. The van der Waals surface area contributed by atoms with Gasteiger partial charge in [-0.05, 0) is 37.6 Å². The summed E-state index contributed by atoms with van der Waals surface area (Å²) in [7, 11) is 1.55. The summed E-state index contributed by atoms with van der Waals surface area (Å²) >= 11 is 1.17. The summed E-state index contributed by atoms with van der Waals surface area (Å²) in [6.07, 6.45) is 0.880. The van der Waals surface area contributed by atoms with Gasteiger partial charge in [0.15, 0.2) is 5.13 Å². The second-order valence-electron chi connectivity index (χ2n) is 6.07. The first kappa shape index (κ1) is 22.4. The van der Waals surface area contributed by atoms with Crippen LogP contribution >= 0.6 is 11.3 Å². The summed E-state index contributed by atoms with van der Waals surface area (Å²) in [5.41, 5.74) is 0.688. The molecule has 2 amide bonds. The maximum Gasteiger partial charge on any atom is 0.307 e. The molecule has 8 nitrogen and oxygen atoms in total. The van der Waals surface area contributed by atoms with Gasteiger partial charge in [-0.25, -0.2) is 4.98 Å². The Labute approximate surface area is 173 Å². The van der Waals surface area contributed by atoms with Crippen LogP contribution in [0.5, 0.6) is 5.75 Å². The highest BCUT2D eigenvalue weighted by Gasteiger charge is 2.20. The van der Waals surface area contributed by atoms with Gasteiger partial charge in [-0.2, -0.15) is 0 Å². The molecule has 0 unspecified atom stereocenters. The summed E-state index contributed by atoms with van der Waals surface area (Å²) in [6.45, 7) is 4.76. The van der Waals surface area contributed by atoms with E-state index in [1.54, 1.807) is 48.6 Å². The van der Waals surface area contributed by atoms with Crippen LogP contribution in [0.25, 0.3) is 0 Å². The van der Waals surface area contributed by atoms with Gasteiger partial charge in [0, 0.05) is 24.0 Å². The van der Waals surface area contributed by atoms with Crippen molar-refractivity contribution in [1.82, 2.24) is 9.88 Å². The molecule has 0 fully saturated rings. The first-order valence-corrected chi connectivity index (χ1v) is 10.2. The highest BCUT2D eigenvalue weighted by atomic mass is 32.1. The van der Waals surface area contributed by atoms with Crippen LogP contribution in [-0.2, 0) is 9.53 Å². The molecule has 2 rings (SSSR count). The number of carbonyl (C=O) groups excluding carboxylic acids is 3. The van der Waals surface area contributed by atoms with Crippen LogP contribution in [0.1, 0.15) is 47.5 Å². The van der Waals surface area contributed by atoms with Crippen LogP contribution in [0, 0.1) is 0 Å². The van der Waals surface area contributed by atoms with Gasteiger partial charge in [-0.1, -0.05) is 6.92 Å².